The van der Waals surface area contributed by atoms with Gasteiger partial charge in [-0.25, -0.2) is 0 Å². The molecule has 17 heavy (non-hydrogen) atoms. The zero-order valence-electron chi connectivity index (χ0n) is 10.3. The van der Waals surface area contributed by atoms with Crippen molar-refractivity contribution < 1.29 is 10.2 Å². The number of phenols is 2. The predicted molar refractivity (Wildman–Crippen MR) is 68.0 cm³/mol. The first kappa shape index (κ1) is 12.2. The van der Waals surface area contributed by atoms with Crippen LogP contribution in [0.2, 0.25) is 0 Å². The van der Waals surface area contributed by atoms with Gasteiger partial charge in [0.05, 0.1) is 0 Å². The molecular weight excluding hydrogens is 214 g/mol. The fraction of sp³-hybridized carbons (Fsp3) is 0.571. The summed E-state index contributed by atoms with van der Waals surface area (Å²) in [5.41, 5.74) is 1.01. The molecule has 3 heteroatoms. The quantitative estimate of drug-likeness (QED) is 0.706. The number of benzene rings is 1. The van der Waals surface area contributed by atoms with E-state index in [0.717, 1.165) is 18.0 Å². The standard InChI is InChI=1S/C14H21NO2/c1-10-3-2-4-12(7-10)15-9-11-5-6-13(16)14(17)8-11/h5-6,8,10,12,15-17H,2-4,7,9H2,1H3. The molecule has 2 rings (SSSR count). The molecule has 94 valence electrons. The first-order valence-electron chi connectivity index (χ1n) is 6.39. The van der Waals surface area contributed by atoms with Crippen molar-refractivity contribution in [1.29, 1.82) is 0 Å². The number of aromatic hydroxyl groups is 2. The minimum absolute atomic E-state index is 0.0405. The molecule has 0 radical (unpaired) electrons. The molecule has 0 saturated heterocycles. The van der Waals surface area contributed by atoms with Crippen molar-refractivity contribution in [2.24, 2.45) is 5.92 Å². The van der Waals surface area contributed by atoms with Crippen LogP contribution >= 0.6 is 0 Å². The molecule has 1 aliphatic carbocycles. The SMILES string of the molecule is CC1CCCC(NCc2ccc(O)c(O)c2)C1. The van der Waals surface area contributed by atoms with E-state index in [1.54, 1.807) is 6.07 Å². The molecule has 1 aromatic carbocycles. The molecule has 1 fully saturated rings. The number of rotatable bonds is 3. The van der Waals surface area contributed by atoms with Crippen LogP contribution in [0, 0.1) is 5.92 Å². The van der Waals surface area contributed by atoms with Crippen molar-refractivity contribution in [2.75, 3.05) is 0 Å². The summed E-state index contributed by atoms with van der Waals surface area (Å²) >= 11 is 0. The molecule has 1 saturated carbocycles. The summed E-state index contributed by atoms with van der Waals surface area (Å²) < 4.78 is 0. The molecule has 2 unspecified atom stereocenters. The van der Waals surface area contributed by atoms with Gasteiger partial charge < -0.3 is 15.5 Å². The van der Waals surface area contributed by atoms with Gasteiger partial charge in [0.15, 0.2) is 11.5 Å². The second kappa shape index (κ2) is 5.41. The van der Waals surface area contributed by atoms with Gasteiger partial charge in [0.25, 0.3) is 0 Å². The molecule has 0 bridgehead atoms. The second-order valence-electron chi connectivity index (χ2n) is 5.17. The van der Waals surface area contributed by atoms with E-state index in [9.17, 15) is 10.2 Å². The molecule has 0 amide bonds. The van der Waals surface area contributed by atoms with Crippen LogP contribution in [0.5, 0.6) is 11.5 Å². The van der Waals surface area contributed by atoms with E-state index in [-0.39, 0.29) is 11.5 Å². The van der Waals surface area contributed by atoms with Crippen LogP contribution in [0.3, 0.4) is 0 Å². The van der Waals surface area contributed by atoms with E-state index < -0.39 is 0 Å². The van der Waals surface area contributed by atoms with Crippen molar-refractivity contribution in [3.63, 3.8) is 0 Å². The Morgan fingerprint density at radius 2 is 2.06 bits per heavy atom. The first-order valence-corrected chi connectivity index (χ1v) is 6.39. The van der Waals surface area contributed by atoms with E-state index in [1.165, 1.54) is 31.7 Å². The van der Waals surface area contributed by atoms with Crippen LogP contribution in [-0.2, 0) is 6.54 Å². The van der Waals surface area contributed by atoms with E-state index >= 15 is 0 Å². The fourth-order valence-electron chi connectivity index (χ4n) is 2.56. The minimum atomic E-state index is -0.0555. The molecule has 0 heterocycles. The van der Waals surface area contributed by atoms with Gasteiger partial charge in [-0.15, -0.1) is 0 Å². The van der Waals surface area contributed by atoms with E-state index in [2.05, 4.69) is 12.2 Å². The predicted octanol–water partition coefficient (Wildman–Crippen LogP) is 2.77. The van der Waals surface area contributed by atoms with Gasteiger partial charge in [-0.3, -0.25) is 0 Å². The zero-order chi connectivity index (χ0) is 12.3. The van der Waals surface area contributed by atoms with Gasteiger partial charge in [0, 0.05) is 12.6 Å². The average molecular weight is 235 g/mol. The van der Waals surface area contributed by atoms with Crippen LogP contribution in [0.1, 0.15) is 38.2 Å². The number of hydrogen-bond acceptors (Lipinski definition) is 3. The molecule has 1 aromatic rings. The van der Waals surface area contributed by atoms with Crippen LogP contribution in [0.4, 0.5) is 0 Å². The van der Waals surface area contributed by atoms with Crippen LogP contribution < -0.4 is 5.32 Å². The summed E-state index contributed by atoms with van der Waals surface area (Å²) in [7, 11) is 0. The first-order chi connectivity index (χ1) is 8.15. The highest BCUT2D eigenvalue weighted by atomic mass is 16.3. The fourth-order valence-corrected chi connectivity index (χ4v) is 2.56. The van der Waals surface area contributed by atoms with E-state index in [1.807, 2.05) is 6.07 Å². The zero-order valence-corrected chi connectivity index (χ0v) is 10.3. The highest BCUT2D eigenvalue weighted by Crippen LogP contribution is 2.26. The van der Waals surface area contributed by atoms with Crippen LogP contribution in [-0.4, -0.2) is 16.3 Å². The lowest BCUT2D eigenvalue weighted by Gasteiger charge is -2.27. The normalized spacial score (nSPS) is 24.8. The minimum Gasteiger partial charge on any atom is -0.504 e. The Labute approximate surface area is 102 Å². The molecule has 1 aliphatic rings. The molecule has 3 N–H and O–H groups in total. The lowest BCUT2D eigenvalue weighted by Crippen LogP contribution is -2.33. The lowest BCUT2D eigenvalue weighted by atomic mass is 9.87. The van der Waals surface area contributed by atoms with Gasteiger partial charge in [-0.1, -0.05) is 25.8 Å². The molecule has 0 spiro atoms. The topological polar surface area (TPSA) is 52.5 Å². The molecule has 2 atom stereocenters. The smallest absolute Gasteiger partial charge is 0.157 e. The van der Waals surface area contributed by atoms with Gasteiger partial charge in [-0.2, -0.15) is 0 Å². The molecule has 0 aliphatic heterocycles. The summed E-state index contributed by atoms with van der Waals surface area (Å²) in [6, 6.07) is 5.59. The third kappa shape index (κ3) is 3.37. The highest BCUT2D eigenvalue weighted by Gasteiger charge is 2.18. The van der Waals surface area contributed by atoms with E-state index in [0.29, 0.717) is 6.04 Å². The average Bonchev–Trinajstić information content (AvgIpc) is 2.31. The Morgan fingerprint density at radius 1 is 1.24 bits per heavy atom. The van der Waals surface area contributed by atoms with Crippen molar-refractivity contribution in [2.45, 2.75) is 45.2 Å². The third-order valence-corrected chi connectivity index (χ3v) is 3.57. The molecule has 0 aromatic heterocycles. The van der Waals surface area contributed by atoms with E-state index in [4.69, 9.17) is 0 Å². The Hall–Kier alpha value is -1.22. The van der Waals surface area contributed by atoms with Crippen molar-refractivity contribution >= 4 is 0 Å². The van der Waals surface area contributed by atoms with Gasteiger partial charge >= 0.3 is 0 Å². The van der Waals surface area contributed by atoms with Crippen LogP contribution in [0.15, 0.2) is 18.2 Å². The molecule has 3 nitrogen and oxygen atoms in total. The summed E-state index contributed by atoms with van der Waals surface area (Å²) in [6.45, 7) is 3.06. The monoisotopic (exact) mass is 235 g/mol. The Bertz CT molecular complexity index is 378. The van der Waals surface area contributed by atoms with Gasteiger partial charge in [0.2, 0.25) is 0 Å². The second-order valence-corrected chi connectivity index (χ2v) is 5.17. The van der Waals surface area contributed by atoms with Crippen molar-refractivity contribution in [3.8, 4) is 11.5 Å². The Kier molecular flexibility index (Phi) is 3.89. The summed E-state index contributed by atoms with van der Waals surface area (Å²) in [4.78, 5) is 0. The third-order valence-electron chi connectivity index (χ3n) is 3.57. The maximum Gasteiger partial charge on any atom is 0.157 e. The van der Waals surface area contributed by atoms with Crippen molar-refractivity contribution in [3.05, 3.63) is 23.8 Å². The summed E-state index contributed by atoms with van der Waals surface area (Å²) in [5, 5.41) is 22.1. The maximum atomic E-state index is 9.40. The Morgan fingerprint density at radius 3 is 2.76 bits per heavy atom. The number of phenolic OH excluding ortho intramolecular Hbond substituents is 2. The summed E-state index contributed by atoms with van der Waals surface area (Å²) in [5.74, 6) is 0.718. The highest BCUT2D eigenvalue weighted by molar-refractivity contribution is 5.40. The molecular formula is C14H21NO2. The van der Waals surface area contributed by atoms with Crippen LogP contribution in [0.25, 0.3) is 0 Å². The lowest BCUT2D eigenvalue weighted by molar-refractivity contribution is 0.300. The Balaban J connectivity index is 1.86. The number of nitrogens with one attached hydrogen (secondary N) is 1. The van der Waals surface area contributed by atoms with Gasteiger partial charge in [-0.05, 0) is 36.5 Å². The maximum absolute atomic E-state index is 9.40. The largest absolute Gasteiger partial charge is 0.504 e. The summed E-state index contributed by atoms with van der Waals surface area (Å²) in [6.07, 6.45) is 5.14. The number of hydrogen-bond donors (Lipinski definition) is 3. The van der Waals surface area contributed by atoms with Crippen molar-refractivity contribution in [1.82, 2.24) is 5.32 Å². The van der Waals surface area contributed by atoms with Gasteiger partial charge in [0.1, 0.15) is 0 Å².